The van der Waals surface area contributed by atoms with Gasteiger partial charge in [0.05, 0.1) is 19.2 Å². The van der Waals surface area contributed by atoms with Crippen molar-refractivity contribution in [3.8, 4) is 0 Å². The van der Waals surface area contributed by atoms with E-state index in [0.29, 0.717) is 0 Å². The van der Waals surface area contributed by atoms with E-state index in [2.05, 4.69) is 19.2 Å². The average Bonchev–Trinajstić information content (AvgIpc) is 2.87. The zero-order valence-corrected chi connectivity index (χ0v) is 12.0. The van der Waals surface area contributed by atoms with Gasteiger partial charge in [0.2, 0.25) is 0 Å². The van der Waals surface area contributed by atoms with Gasteiger partial charge in [0.1, 0.15) is 6.61 Å². The van der Waals surface area contributed by atoms with Crippen LogP contribution >= 0.6 is 11.3 Å². The van der Waals surface area contributed by atoms with Gasteiger partial charge in [-0.2, -0.15) is 0 Å². The van der Waals surface area contributed by atoms with E-state index in [0.717, 1.165) is 18.4 Å². The first kappa shape index (κ1) is 16.9. The largest absolute Gasteiger partial charge is 0.464 e. The monoisotopic (exact) mass is 330 g/mol. The number of thiazole rings is 1. The fourth-order valence-corrected chi connectivity index (χ4v) is 3.33. The maximum atomic E-state index is 11.9. The van der Waals surface area contributed by atoms with E-state index in [4.69, 9.17) is 0 Å². The number of alkyl halides is 2. The van der Waals surface area contributed by atoms with E-state index in [1.165, 1.54) is 5.51 Å². The van der Waals surface area contributed by atoms with Gasteiger partial charge >= 0.3 is 5.97 Å². The van der Waals surface area contributed by atoms with Crippen LogP contribution in [0.5, 0.6) is 0 Å². The molecule has 1 aromatic heterocycles. The predicted molar refractivity (Wildman–Crippen MR) is 65.5 cm³/mol. The number of sulfonamides is 1. The summed E-state index contributed by atoms with van der Waals surface area (Å²) >= 11 is 0.746. The Balaban J connectivity index is 2.61. The fraction of sp³-hybridized carbons (Fsp3) is 0.556. The van der Waals surface area contributed by atoms with E-state index in [1.807, 2.05) is 0 Å². The van der Waals surface area contributed by atoms with E-state index in [-0.39, 0.29) is 23.1 Å². The summed E-state index contributed by atoms with van der Waals surface area (Å²) in [6.45, 7) is -1.18. The third kappa shape index (κ3) is 4.74. The summed E-state index contributed by atoms with van der Waals surface area (Å²) in [5, 5.41) is 0. The van der Waals surface area contributed by atoms with Crippen LogP contribution in [-0.2, 0) is 19.5 Å². The van der Waals surface area contributed by atoms with Gasteiger partial charge in [-0.25, -0.2) is 31.7 Å². The third-order valence-electron chi connectivity index (χ3n) is 1.94. The molecule has 1 heterocycles. The molecule has 0 amide bonds. The number of methoxy groups -OCH3 is 1. The van der Waals surface area contributed by atoms with Crippen LogP contribution in [0.1, 0.15) is 10.5 Å². The zero-order chi connectivity index (χ0) is 15.2. The van der Waals surface area contributed by atoms with Crippen molar-refractivity contribution in [3.05, 3.63) is 11.2 Å². The second-order valence-corrected chi connectivity index (χ2v) is 6.16. The van der Waals surface area contributed by atoms with Gasteiger partial charge < -0.3 is 9.47 Å². The minimum absolute atomic E-state index is 0.201. The average molecular weight is 330 g/mol. The number of hydrogen-bond acceptors (Lipinski definition) is 7. The minimum Gasteiger partial charge on any atom is -0.464 e. The van der Waals surface area contributed by atoms with Crippen molar-refractivity contribution in [2.24, 2.45) is 0 Å². The first-order valence-corrected chi connectivity index (χ1v) is 7.62. The Morgan fingerprint density at radius 2 is 2.25 bits per heavy atom. The van der Waals surface area contributed by atoms with Crippen molar-refractivity contribution in [1.29, 1.82) is 0 Å². The highest BCUT2D eigenvalue weighted by Gasteiger charge is 2.26. The molecule has 1 rings (SSSR count). The van der Waals surface area contributed by atoms with Crippen LogP contribution < -0.4 is 4.72 Å². The van der Waals surface area contributed by atoms with Gasteiger partial charge in [0.25, 0.3) is 16.4 Å². The number of hydrogen-bond donors (Lipinski definition) is 1. The molecular formula is C9H12F2N2O5S2. The van der Waals surface area contributed by atoms with Gasteiger partial charge in [-0.05, 0) is 0 Å². The Hall–Kier alpha value is -1.17. The number of nitrogens with zero attached hydrogens (tertiary/aromatic N) is 1. The van der Waals surface area contributed by atoms with Crippen LogP contribution in [0, 0.1) is 0 Å². The molecule has 0 saturated carbocycles. The van der Waals surface area contributed by atoms with Crippen LogP contribution in [0.3, 0.4) is 0 Å². The number of carbonyl (C=O) groups is 1. The molecule has 0 radical (unpaired) electrons. The van der Waals surface area contributed by atoms with E-state index < -0.39 is 29.0 Å². The van der Waals surface area contributed by atoms with Crippen molar-refractivity contribution in [3.63, 3.8) is 0 Å². The number of aromatic nitrogens is 1. The predicted octanol–water partition coefficient (Wildman–Crippen LogP) is 0.490. The van der Waals surface area contributed by atoms with Crippen molar-refractivity contribution in [1.82, 2.24) is 9.71 Å². The number of esters is 1. The third-order valence-corrected chi connectivity index (χ3v) is 4.77. The molecule has 7 nitrogen and oxygen atoms in total. The van der Waals surface area contributed by atoms with E-state index >= 15 is 0 Å². The van der Waals surface area contributed by atoms with Gasteiger partial charge in [0, 0.05) is 6.54 Å². The van der Waals surface area contributed by atoms with Crippen LogP contribution in [-0.4, -0.2) is 52.7 Å². The maximum Gasteiger partial charge on any atom is 0.358 e. The van der Waals surface area contributed by atoms with Crippen LogP contribution in [0.15, 0.2) is 9.72 Å². The highest BCUT2D eigenvalue weighted by Crippen LogP contribution is 2.20. The molecule has 0 aliphatic rings. The molecule has 0 saturated heterocycles. The standard InChI is InChI=1S/C9H12F2N2O5S2/c1-17-8(14)7-9(19-5-12-7)20(15,16)13-2-3-18-4-6(10)11/h5-6,13H,2-4H2,1H3. The Labute approximate surface area is 118 Å². The maximum absolute atomic E-state index is 11.9. The van der Waals surface area contributed by atoms with Crippen LogP contribution in [0.4, 0.5) is 8.78 Å². The lowest BCUT2D eigenvalue weighted by atomic mass is 10.5. The highest BCUT2D eigenvalue weighted by molar-refractivity contribution is 7.91. The molecule has 0 aliphatic carbocycles. The molecule has 11 heteroatoms. The fourth-order valence-electron chi connectivity index (χ4n) is 1.14. The molecule has 0 aliphatic heterocycles. The molecule has 0 fully saturated rings. The lowest BCUT2D eigenvalue weighted by molar-refractivity contribution is 0.0199. The lowest BCUT2D eigenvalue weighted by Crippen LogP contribution is -2.28. The summed E-state index contributed by atoms with van der Waals surface area (Å²) < 4.78 is 58.1. The lowest BCUT2D eigenvalue weighted by Gasteiger charge is -2.06. The zero-order valence-electron chi connectivity index (χ0n) is 10.3. The molecule has 20 heavy (non-hydrogen) atoms. The topological polar surface area (TPSA) is 94.6 Å². The number of rotatable bonds is 8. The summed E-state index contributed by atoms with van der Waals surface area (Å²) in [6, 6.07) is 0. The Kier molecular flexibility index (Phi) is 6.39. The first-order chi connectivity index (χ1) is 9.38. The Bertz CT molecular complexity index is 546. The van der Waals surface area contributed by atoms with Crippen molar-refractivity contribution in [2.75, 3.05) is 26.9 Å². The molecule has 1 aromatic rings. The van der Waals surface area contributed by atoms with Crippen molar-refractivity contribution < 1.29 is 31.5 Å². The Morgan fingerprint density at radius 3 is 2.85 bits per heavy atom. The van der Waals surface area contributed by atoms with Crippen LogP contribution in [0.2, 0.25) is 0 Å². The molecule has 0 spiro atoms. The second-order valence-electron chi connectivity index (χ2n) is 3.34. The molecular weight excluding hydrogens is 318 g/mol. The minimum atomic E-state index is -3.97. The summed E-state index contributed by atoms with van der Waals surface area (Å²) in [6.07, 6.45) is -2.61. The second kappa shape index (κ2) is 7.57. The van der Waals surface area contributed by atoms with E-state index in [9.17, 15) is 22.0 Å². The highest BCUT2D eigenvalue weighted by atomic mass is 32.2. The smallest absolute Gasteiger partial charge is 0.358 e. The van der Waals surface area contributed by atoms with Crippen molar-refractivity contribution in [2.45, 2.75) is 10.6 Å². The Morgan fingerprint density at radius 1 is 1.55 bits per heavy atom. The summed E-state index contributed by atoms with van der Waals surface area (Å²) in [5.74, 6) is -0.874. The summed E-state index contributed by atoms with van der Waals surface area (Å²) in [4.78, 5) is 14.9. The number of nitrogens with one attached hydrogen (secondary N) is 1. The molecule has 0 aromatic carbocycles. The molecule has 114 valence electrons. The SMILES string of the molecule is COC(=O)c1ncsc1S(=O)(=O)NCCOCC(F)F. The summed E-state index contributed by atoms with van der Waals surface area (Å²) in [5.41, 5.74) is 0.868. The normalized spacial score (nSPS) is 11.8. The number of halogens is 2. The van der Waals surface area contributed by atoms with Crippen LogP contribution in [0.25, 0.3) is 0 Å². The molecule has 0 bridgehead atoms. The quantitative estimate of drug-likeness (QED) is 0.551. The molecule has 0 atom stereocenters. The number of ether oxygens (including phenoxy) is 2. The van der Waals surface area contributed by atoms with Gasteiger partial charge in [-0.1, -0.05) is 0 Å². The summed E-state index contributed by atoms with van der Waals surface area (Å²) in [7, 11) is -2.86. The number of carbonyl (C=O) groups excluding carboxylic acids is 1. The van der Waals surface area contributed by atoms with E-state index in [1.54, 1.807) is 0 Å². The van der Waals surface area contributed by atoms with Gasteiger partial charge in [0.15, 0.2) is 9.90 Å². The van der Waals surface area contributed by atoms with Crippen molar-refractivity contribution >= 4 is 27.3 Å². The van der Waals surface area contributed by atoms with Gasteiger partial charge in [-0.15, -0.1) is 11.3 Å². The molecule has 1 N–H and O–H groups in total. The van der Waals surface area contributed by atoms with Gasteiger partial charge in [-0.3, -0.25) is 0 Å². The first-order valence-electron chi connectivity index (χ1n) is 5.26. The molecule has 0 unspecified atom stereocenters.